The van der Waals surface area contributed by atoms with Crippen LogP contribution in [-0.2, 0) is 15.0 Å². The molecule has 0 bridgehead atoms. The molecule has 1 aliphatic rings. The molecular formula is C14H21N5O2. The molecule has 2 amide bonds. The lowest BCUT2D eigenvalue weighted by Gasteiger charge is -2.33. The summed E-state index contributed by atoms with van der Waals surface area (Å²) in [5, 5.41) is 5.32. The highest BCUT2D eigenvalue weighted by Gasteiger charge is 2.32. The summed E-state index contributed by atoms with van der Waals surface area (Å²) in [5.74, 6) is 1.27. The second kappa shape index (κ2) is 5.31. The van der Waals surface area contributed by atoms with Gasteiger partial charge in [0.15, 0.2) is 0 Å². The summed E-state index contributed by atoms with van der Waals surface area (Å²) in [7, 11) is 1.77. The maximum atomic E-state index is 11.8. The van der Waals surface area contributed by atoms with Gasteiger partial charge in [-0.25, -0.2) is 9.97 Å². The van der Waals surface area contributed by atoms with Crippen molar-refractivity contribution in [2.45, 2.75) is 39.2 Å². The van der Waals surface area contributed by atoms with E-state index in [9.17, 15) is 9.59 Å². The Bertz CT molecular complexity index is 579. The van der Waals surface area contributed by atoms with Crippen LogP contribution in [0.1, 0.15) is 33.5 Å². The number of amides is 2. The van der Waals surface area contributed by atoms with Gasteiger partial charge in [0.05, 0.1) is 6.54 Å². The smallest absolute Gasteiger partial charge is 0.249 e. The minimum atomic E-state index is -0.449. The summed E-state index contributed by atoms with van der Waals surface area (Å²) in [6.45, 7) is 7.91. The van der Waals surface area contributed by atoms with Gasteiger partial charge in [-0.05, 0) is 6.92 Å². The van der Waals surface area contributed by atoms with Crippen molar-refractivity contribution in [1.82, 2.24) is 15.3 Å². The van der Waals surface area contributed by atoms with E-state index >= 15 is 0 Å². The SMILES string of the molecule is CNc1cc(N2CC(=O)NC(=O)C2C)nc(C(C)(C)C)n1. The van der Waals surface area contributed by atoms with Crippen LogP contribution in [0.15, 0.2) is 6.07 Å². The molecule has 0 saturated carbocycles. The molecule has 0 aromatic carbocycles. The van der Waals surface area contributed by atoms with E-state index in [4.69, 9.17) is 0 Å². The van der Waals surface area contributed by atoms with Gasteiger partial charge >= 0.3 is 0 Å². The van der Waals surface area contributed by atoms with Crippen LogP contribution in [0.3, 0.4) is 0 Å². The van der Waals surface area contributed by atoms with Crippen LogP contribution in [-0.4, -0.2) is 41.4 Å². The molecule has 1 aromatic rings. The first-order chi connectivity index (χ1) is 9.72. The van der Waals surface area contributed by atoms with E-state index in [0.29, 0.717) is 17.5 Å². The first-order valence-corrected chi connectivity index (χ1v) is 6.90. The fraction of sp³-hybridized carbons (Fsp3) is 0.571. The topological polar surface area (TPSA) is 87.2 Å². The first kappa shape index (κ1) is 15.2. The number of nitrogens with one attached hydrogen (secondary N) is 2. The molecule has 1 unspecified atom stereocenters. The molecule has 21 heavy (non-hydrogen) atoms. The van der Waals surface area contributed by atoms with E-state index in [1.54, 1.807) is 24.9 Å². The van der Waals surface area contributed by atoms with E-state index in [1.807, 2.05) is 20.8 Å². The van der Waals surface area contributed by atoms with Gasteiger partial charge in [-0.15, -0.1) is 0 Å². The first-order valence-electron chi connectivity index (χ1n) is 6.90. The Balaban J connectivity index is 2.47. The maximum absolute atomic E-state index is 11.8. The highest BCUT2D eigenvalue weighted by atomic mass is 16.2. The fourth-order valence-corrected chi connectivity index (χ4v) is 2.04. The molecule has 1 aliphatic heterocycles. The predicted molar refractivity (Wildman–Crippen MR) is 80.2 cm³/mol. The van der Waals surface area contributed by atoms with Crippen molar-refractivity contribution in [2.75, 3.05) is 23.8 Å². The summed E-state index contributed by atoms with van der Waals surface area (Å²) >= 11 is 0. The number of hydrogen-bond donors (Lipinski definition) is 2. The van der Waals surface area contributed by atoms with Crippen molar-refractivity contribution >= 4 is 23.5 Å². The lowest BCUT2D eigenvalue weighted by atomic mass is 9.95. The average Bonchev–Trinajstić information content (AvgIpc) is 2.41. The van der Waals surface area contributed by atoms with Gasteiger partial charge in [0.1, 0.15) is 23.5 Å². The van der Waals surface area contributed by atoms with Crippen molar-refractivity contribution in [3.05, 3.63) is 11.9 Å². The minimum absolute atomic E-state index is 0.108. The monoisotopic (exact) mass is 291 g/mol. The van der Waals surface area contributed by atoms with Crippen LogP contribution in [0.5, 0.6) is 0 Å². The van der Waals surface area contributed by atoms with Crippen LogP contribution in [0.4, 0.5) is 11.6 Å². The predicted octanol–water partition coefficient (Wildman–Crippen LogP) is 0.667. The van der Waals surface area contributed by atoms with Crippen molar-refractivity contribution < 1.29 is 9.59 Å². The summed E-state index contributed by atoms with van der Waals surface area (Å²) in [4.78, 5) is 34.1. The lowest BCUT2D eigenvalue weighted by Crippen LogP contribution is -2.57. The van der Waals surface area contributed by atoms with Gasteiger partial charge in [0.2, 0.25) is 11.8 Å². The van der Waals surface area contributed by atoms with Gasteiger partial charge in [0.25, 0.3) is 0 Å². The van der Waals surface area contributed by atoms with Crippen molar-refractivity contribution in [3.63, 3.8) is 0 Å². The van der Waals surface area contributed by atoms with Gasteiger partial charge in [-0.2, -0.15) is 0 Å². The number of hydrogen-bond acceptors (Lipinski definition) is 6. The standard InChI is InChI=1S/C14H21N5O2/c1-8-12(21)18-11(20)7-19(8)10-6-9(15-5)16-13(17-10)14(2,3)4/h6,8H,7H2,1-5H3,(H,15,16,17)(H,18,20,21). The highest BCUT2D eigenvalue weighted by molar-refractivity contribution is 6.04. The Labute approximate surface area is 124 Å². The fourth-order valence-electron chi connectivity index (χ4n) is 2.04. The maximum Gasteiger partial charge on any atom is 0.249 e. The summed E-state index contributed by atoms with van der Waals surface area (Å²) in [6, 6.07) is 1.30. The van der Waals surface area contributed by atoms with E-state index in [-0.39, 0.29) is 23.8 Å². The van der Waals surface area contributed by atoms with E-state index in [0.717, 1.165) is 0 Å². The third kappa shape index (κ3) is 3.12. The van der Waals surface area contributed by atoms with E-state index < -0.39 is 6.04 Å². The Hall–Kier alpha value is -2.18. The molecule has 2 heterocycles. The largest absolute Gasteiger partial charge is 0.373 e. The Morgan fingerprint density at radius 1 is 1.33 bits per heavy atom. The van der Waals surface area contributed by atoms with Crippen LogP contribution in [0.2, 0.25) is 0 Å². The molecule has 0 aliphatic carbocycles. The zero-order valence-electron chi connectivity index (χ0n) is 13.0. The molecule has 2 rings (SSSR count). The number of nitrogens with zero attached hydrogens (tertiary/aromatic N) is 3. The van der Waals surface area contributed by atoms with Crippen molar-refractivity contribution in [3.8, 4) is 0 Å². The van der Waals surface area contributed by atoms with Gasteiger partial charge in [0, 0.05) is 18.5 Å². The molecule has 0 radical (unpaired) electrons. The number of anilines is 2. The van der Waals surface area contributed by atoms with Gasteiger partial charge in [-0.3, -0.25) is 14.9 Å². The Morgan fingerprint density at radius 3 is 2.57 bits per heavy atom. The number of piperazine rings is 1. The molecule has 7 heteroatoms. The molecule has 114 valence electrons. The number of imide groups is 1. The van der Waals surface area contributed by atoms with E-state index in [2.05, 4.69) is 20.6 Å². The van der Waals surface area contributed by atoms with Crippen molar-refractivity contribution in [1.29, 1.82) is 0 Å². The second-order valence-electron chi connectivity index (χ2n) is 6.15. The zero-order valence-corrected chi connectivity index (χ0v) is 13.0. The molecule has 2 N–H and O–H groups in total. The molecule has 1 saturated heterocycles. The van der Waals surface area contributed by atoms with E-state index in [1.165, 1.54) is 0 Å². The Kier molecular flexibility index (Phi) is 3.85. The second-order valence-corrected chi connectivity index (χ2v) is 6.15. The summed E-state index contributed by atoms with van der Waals surface area (Å²) < 4.78 is 0. The van der Waals surface area contributed by atoms with Crippen LogP contribution in [0.25, 0.3) is 0 Å². The van der Waals surface area contributed by atoms with Gasteiger partial charge < -0.3 is 10.2 Å². The van der Waals surface area contributed by atoms with Gasteiger partial charge in [-0.1, -0.05) is 20.8 Å². The van der Waals surface area contributed by atoms with Crippen LogP contribution < -0.4 is 15.5 Å². The van der Waals surface area contributed by atoms with Crippen LogP contribution in [0, 0.1) is 0 Å². The number of rotatable bonds is 2. The lowest BCUT2D eigenvalue weighted by molar-refractivity contribution is -0.132. The van der Waals surface area contributed by atoms with Crippen molar-refractivity contribution in [2.24, 2.45) is 0 Å². The van der Waals surface area contributed by atoms with Crippen LogP contribution >= 0.6 is 0 Å². The Morgan fingerprint density at radius 2 is 2.00 bits per heavy atom. The molecule has 0 spiro atoms. The number of carbonyl (C=O) groups excluding carboxylic acids is 2. The number of carbonyl (C=O) groups is 2. The molecular weight excluding hydrogens is 270 g/mol. The minimum Gasteiger partial charge on any atom is -0.373 e. The zero-order chi connectivity index (χ0) is 15.8. The highest BCUT2D eigenvalue weighted by Crippen LogP contribution is 2.25. The number of aromatic nitrogens is 2. The summed E-state index contributed by atoms with van der Waals surface area (Å²) in [6.07, 6.45) is 0. The normalized spacial score (nSPS) is 19.5. The molecule has 1 aromatic heterocycles. The molecule has 1 atom stereocenters. The molecule has 7 nitrogen and oxygen atoms in total. The average molecular weight is 291 g/mol. The third-order valence-electron chi connectivity index (χ3n) is 3.36. The third-order valence-corrected chi connectivity index (χ3v) is 3.36. The molecule has 1 fully saturated rings. The quantitative estimate of drug-likeness (QED) is 0.779. The summed E-state index contributed by atoms with van der Waals surface area (Å²) in [5.41, 5.74) is -0.229.